The van der Waals surface area contributed by atoms with Crippen molar-refractivity contribution in [2.24, 2.45) is 0 Å². The molecular weight excluding hydrogens is 504 g/mol. The second kappa shape index (κ2) is 9.96. The number of hydrogen-bond acceptors (Lipinski definition) is 6. The summed E-state index contributed by atoms with van der Waals surface area (Å²) in [6.45, 7) is 3.22. The lowest BCUT2D eigenvalue weighted by Crippen LogP contribution is -2.07. The Morgan fingerprint density at radius 1 is 1.13 bits per heavy atom. The van der Waals surface area contributed by atoms with E-state index in [1.165, 1.54) is 0 Å². The van der Waals surface area contributed by atoms with Gasteiger partial charge < -0.3 is 9.30 Å². The van der Waals surface area contributed by atoms with E-state index in [2.05, 4.69) is 43.0 Å². The average molecular weight is 522 g/mol. The molecule has 0 saturated carbocycles. The van der Waals surface area contributed by atoms with Crippen LogP contribution in [0, 0.1) is 0 Å². The first-order valence-electron chi connectivity index (χ1n) is 9.26. The van der Waals surface area contributed by atoms with E-state index in [4.69, 9.17) is 21.3 Å². The Hall–Kier alpha value is -1.87. The summed E-state index contributed by atoms with van der Waals surface area (Å²) in [4.78, 5) is 4.73. The lowest BCUT2D eigenvalue weighted by atomic mass is 10.2. The summed E-state index contributed by atoms with van der Waals surface area (Å²) < 4.78 is 8.95. The molecule has 9 heteroatoms. The Morgan fingerprint density at radius 3 is 2.70 bits per heavy atom. The molecule has 0 unspecified atom stereocenters. The van der Waals surface area contributed by atoms with Crippen LogP contribution in [0.25, 0.3) is 10.6 Å². The zero-order valence-corrected chi connectivity index (χ0v) is 20.1. The van der Waals surface area contributed by atoms with Gasteiger partial charge in [-0.1, -0.05) is 57.5 Å². The van der Waals surface area contributed by atoms with Crippen LogP contribution in [0.5, 0.6) is 5.75 Å². The van der Waals surface area contributed by atoms with Gasteiger partial charge >= 0.3 is 0 Å². The fourth-order valence-corrected chi connectivity index (χ4v) is 5.22. The van der Waals surface area contributed by atoms with E-state index in [-0.39, 0.29) is 0 Å². The van der Waals surface area contributed by atoms with Crippen LogP contribution >= 0.6 is 50.6 Å². The van der Waals surface area contributed by atoms with Gasteiger partial charge in [-0.05, 0) is 37.3 Å². The van der Waals surface area contributed by atoms with Crippen LogP contribution in [0.15, 0.2) is 63.5 Å². The second-order valence-corrected chi connectivity index (χ2v) is 9.42. The number of ether oxygens (including phenoxy) is 1. The number of aromatic nitrogens is 4. The van der Waals surface area contributed by atoms with E-state index >= 15 is 0 Å². The minimum absolute atomic E-state index is 0.371. The Kier molecular flexibility index (Phi) is 7.09. The largest absolute Gasteiger partial charge is 0.486 e. The number of halogens is 2. The maximum Gasteiger partial charge on any atom is 0.191 e. The third-order valence-electron chi connectivity index (χ3n) is 4.30. The number of rotatable bonds is 8. The number of nitrogens with zero attached hydrogens (tertiary/aromatic N) is 4. The third-order valence-corrected chi connectivity index (χ3v) is 7.08. The molecule has 0 amide bonds. The summed E-state index contributed by atoms with van der Waals surface area (Å²) >= 11 is 12.9. The quantitative estimate of drug-likeness (QED) is 0.241. The smallest absolute Gasteiger partial charge is 0.191 e. The van der Waals surface area contributed by atoms with Crippen molar-refractivity contribution in [3.63, 3.8) is 0 Å². The van der Waals surface area contributed by atoms with Gasteiger partial charge in [0.05, 0.1) is 10.7 Å². The van der Waals surface area contributed by atoms with Crippen LogP contribution in [0.1, 0.15) is 18.4 Å². The molecule has 0 radical (unpaired) electrons. The summed E-state index contributed by atoms with van der Waals surface area (Å²) in [6.07, 6.45) is 0. The van der Waals surface area contributed by atoms with Gasteiger partial charge in [0.15, 0.2) is 11.0 Å². The van der Waals surface area contributed by atoms with Crippen molar-refractivity contribution in [2.75, 3.05) is 0 Å². The van der Waals surface area contributed by atoms with Gasteiger partial charge in [0, 0.05) is 27.7 Å². The van der Waals surface area contributed by atoms with Crippen LogP contribution in [0.4, 0.5) is 0 Å². The standard InChI is InChI=1S/C21H18BrClN4OS2/c1-2-27-19(11-28-16-9-7-14(22)8-10-16)25-26-21(27)30-13-15-12-29-20(24-15)17-5-3-4-6-18(17)23/h3-10,12H,2,11,13H2,1H3. The highest BCUT2D eigenvalue weighted by molar-refractivity contribution is 9.10. The van der Waals surface area contributed by atoms with Gasteiger partial charge in [0.25, 0.3) is 0 Å². The molecule has 4 rings (SSSR count). The van der Waals surface area contributed by atoms with Gasteiger partial charge in [-0.15, -0.1) is 21.5 Å². The Bertz CT molecular complexity index is 1130. The minimum Gasteiger partial charge on any atom is -0.486 e. The fraction of sp³-hybridized carbons (Fsp3) is 0.190. The minimum atomic E-state index is 0.371. The average Bonchev–Trinajstić information content (AvgIpc) is 3.38. The number of hydrogen-bond donors (Lipinski definition) is 0. The molecule has 0 spiro atoms. The van der Waals surface area contributed by atoms with E-state index in [1.54, 1.807) is 23.1 Å². The molecule has 0 aliphatic carbocycles. The molecule has 154 valence electrons. The highest BCUT2D eigenvalue weighted by Crippen LogP contribution is 2.32. The normalized spacial score (nSPS) is 11.0. The van der Waals surface area contributed by atoms with Gasteiger partial charge in [-0.2, -0.15) is 0 Å². The zero-order valence-electron chi connectivity index (χ0n) is 16.1. The van der Waals surface area contributed by atoms with Gasteiger partial charge in [0.1, 0.15) is 17.4 Å². The molecule has 0 aliphatic heterocycles. The molecule has 0 bridgehead atoms. The molecular formula is C21H18BrClN4OS2. The first-order valence-corrected chi connectivity index (χ1v) is 12.3. The van der Waals surface area contributed by atoms with E-state index in [0.29, 0.717) is 17.4 Å². The molecule has 30 heavy (non-hydrogen) atoms. The Balaban J connectivity index is 1.40. The van der Waals surface area contributed by atoms with Crippen molar-refractivity contribution < 1.29 is 4.74 Å². The summed E-state index contributed by atoms with van der Waals surface area (Å²) in [5.41, 5.74) is 1.96. The molecule has 0 saturated heterocycles. The van der Waals surface area contributed by atoms with Crippen LogP contribution in [-0.4, -0.2) is 19.7 Å². The van der Waals surface area contributed by atoms with Gasteiger partial charge in [0.2, 0.25) is 0 Å². The van der Waals surface area contributed by atoms with Crippen molar-refractivity contribution >= 4 is 50.6 Å². The first-order chi connectivity index (χ1) is 14.6. The summed E-state index contributed by atoms with van der Waals surface area (Å²) in [5.74, 6) is 2.32. The van der Waals surface area contributed by atoms with E-state index in [1.807, 2.05) is 48.5 Å². The molecule has 0 aliphatic rings. The van der Waals surface area contributed by atoms with E-state index < -0.39 is 0 Å². The molecule has 4 aromatic rings. The summed E-state index contributed by atoms with van der Waals surface area (Å²) in [5, 5.41) is 13.2. The van der Waals surface area contributed by atoms with Crippen molar-refractivity contribution in [3.8, 4) is 16.3 Å². The predicted molar refractivity (Wildman–Crippen MR) is 126 cm³/mol. The molecule has 0 N–H and O–H groups in total. The third kappa shape index (κ3) is 5.06. The SMILES string of the molecule is CCn1c(COc2ccc(Br)cc2)nnc1SCc1csc(-c2ccccc2Cl)n1. The highest BCUT2D eigenvalue weighted by Gasteiger charge is 2.14. The fourth-order valence-electron chi connectivity index (χ4n) is 2.80. The topological polar surface area (TPSA) is 52.8 Å². The van der Waals surface area contributed by atoms with E-state index in [0.717, 1.165) is 44.0 Å². The molecule has 2 aromatic heterocycles. The van der Waals surface area contributed by atoms with Crippen molar-refractivity contribution in [3.05, 3.63) is 74.9 Å². The van der Waals surface area contributed by atoms with E-state index in [9.17, 15) is 0 Å². The molecule has 2 heterocycles. The highest BCUT2D eigenvalue weighted by atomic mass is 79.9. The predicted octanol–water partition coefficient (Wildman–Crippen LogP) is 6.71. The van der Waals surface area contributed by atoms with Crippen molar-refractivity contribution in [2.45, 2.75) is 31.0 Å². The van der Waals surface area contributed by atoms with Crippen molar-refractivity contribution in [1.82, 2.24) is 19.7 Å². The molecule has 5 nitrogen and oxygen atoms in total. The maximum atomic E-state index is 6.29. The molecule has 0 atom stereocenters. The Labute approximate surface area is 196 Å². The number of thiazole rings is 1. The lowest BCUT2D eigenvalue weighted by molar-refractivity contribution is 0.288. The van der Waals surface area contributed by atoms with Gasteiger partial charge in [-0.3, -0.25) is 0 Å². The second-order valence-electron chi connectivity index (χ2n) is 6.30. The van der Waals surface area contributed by atoms with Crippen LogP contribution in [0.2, 0.25) is 5.02 Å². The monoisotopic (exact) mass is 520 g/mol. The molecule has 2 aromatic carbocycles. The maximum absolute atomic E-state index is 6.29. The Morgan fingerprint density at radius 2 is 1.93 bits per heavy atom. The molecule has 0 fully saturated rings. The lowest BCUT2D eigenvalue weighted by Gasteiger charge is -2.08. The number of benzene rings is 2. The van der Waals surface area contributed by atoms with Crippen LogP contribution in [0.3, 0.4) is 0 Å². The number of thioether (sulfide) groups is 1. The zero-order chi connectivity index (χ0) is 20.9. The van der Waals surface area contributed by atoms with Crippen molar-refractivity contribution in [1.29, 1.82) is 0 Å². The first kappa shape index (κ1) is 21.4. The van der Waals surface area contributed by atoms with Gasteiger partial charge in [-0.25, -0.2) is 4.98 Å². The van der Waals surface area contributed by atoms with Crippen LogP contribution in [-0.2, 0) is 18.9 Å². The summed E-state index contributed by atoms with van der Waals surface area (Å²) in [7, 11) is 0. The van der Waals surface area contributed by atoms with Crippen LogP contribution < -0.4 is 4.74 Å². The summed E-state index contributed by atoms with van der Waals surface area (Å²) in [6, 6.07) is 15.5.